The van der Waals surface area contributed by atoms with Gasteiger partial charge in [0.25, 0.3) is 7.82 Å². The molecule has 0 heterocycles. The third-order valence-corrected chi connectivity index (χ3v) is 3.24. The summed E-state index contributed by atoms with van der Waals surface area (Å²) in [6.45, 7) is 0. The summed E-state index contributed by atoms with van der Waals surface area (Å²) in [7, 11) is -11.0. The van der Waals surface area contributed by atoms with E-state index in [0.29, 0.717) is 0 Å². The minimum atomic E-state index is -5.61. The van der Waals surface area contributed by atoms with Gasteiger partial charge in [0.15, 0.2) is 12.4 Å². The molecule has 25 heavy (non-hydrogen) atoms. The van der Waals surface area contributed by atoms with Crippen LogP contribution in [-0.4, -0.2) is 67.1 Å². The van der Waals surface area contributed by atoms with Crippen LogP contribution in [0.15, 0.2) is 0 Å². The van der Waals surface area contributed by atoms with E-state index in [1.807, 2.05) is 0 Å². The van der Waals surface area contributed by atoms with Gasteiger partial charge in [-0.3, -0.25) is 8.88 Å². The van der Waals surface area contributed by atoms with Crippen LogP contribution in [0.4, 0.5) is 0 Å². The average molecular weight is 438 g/mol. The molecule has 0 aliphatic rings. The summed E-state index contributed by atoms with van der Waals surface area (Å²) in [5.41, 5.74) is 0. The first-order chi connectivity index (χ1) is 9.62. The smallest absolute Gasteiger partial charge is 0.790 e. The quantitative estimate of drug-likeness (QED) is 0.122. The molecule has 0 bridgehead atoms. The Hall–Kier alpha value is 2.24. The van der Waals surface area contributed by atoms with Gasteiger partial charge in [-0.2, -0.15) is 0 Å². The largest absolute Gasteiger partial charge is 1.00 e. The molecular formula is C6H11Na3O14P2. The molecule has 132 valence electrons. The summed E-state index contributed by atoms with van der Waals surface area (Å²) in [6, 6.07) is 0. The number of carboxylic acids is 1. The fourth-order valence-electron chi connectivity index (χ4n) is 0.742. The molecule has 19 heteroatoms. The Balaban J connectivity index is -0.0000001000. The van der Waals surface area contributed by atoms with Crippen molar-refractivity contribution < 1.29 is 157 Å². The Kier molecular flexibility index (Phi) is 26.0. The molecule has 5 atom stereocenters. The first-order valence-electron chi connectivity index (χ1n) is 4.80. The summed E-state index contributed by atoms with van der Waals surface area (Å²) in [5.74, 6) is -1.76. The van der Waals surface area contributed by atoms with Gasteiger partial charge in [0, 0.05) is 0 Å². The van der Waals surface area contributed by atoms with Gasteiger partial charge in [0.2, 0.25) is 0 Å². The second-order valence-electron chi connectivity index (χ2n) is 3.39. The number of aldehydes is 1. The SMILES string of the molecule is O=CC(O)C(O)C(O)C(O)C(=O)O.O=P([O-])([O-])OP(=O)([O-])O.[Na+].[Na+].[Na+]. The van der Waals surface area contributed by atoms with Gasteiger partial charge < -0.3 is 54.5 Å². The number of hydrogen-bond donors (Lipinski definition) is 6. The van der Waals surface area contributed by atoms with Crippen LogP contribution in [0, 0.1) is 0 Å². The van der Waals surface area contributed by atoms with Gasteiger partial charge in [0.1, 0.15) is 18.3 Å². The van der Waals surface area contributed by atoms with E-state index >= 15 is 0 Å². The first-order valence-corrected chi connectivity index (χ1v) is 7.75. The van der Waals surface area contributed by atoms with Gasteiger partial charge in [-0.25, -0.2) is 4.79 Å². The fourth-order valence-corrected chi connectivity index (χ4v) is 1.75. The van der Waals surface area contributed by atoms with Crippen molar-refractivity contribution in [2.24, 2.45) is 0 Å². The van der Waals surface area contributed by atoms with Crippen LogP contribution in [0.5, 0.6) is 0 Å². The predicted octanol–water partition coefficient (Wildman–Crippen LogP) is -15.0. The van der Waals surface area contributed by atoms with E-state index in [0.717, 1.165) is 0 Å². The molecule has 0 aliphatic heterocycles. The Morgan fingerprint density at radius 2 is 1.32 bits per heavy atom. The zero-order valence-corrected chi connectivity index (χ0v) is 21.0. The van der Waals surface area contributed by atoms with Crippen LogP contribution in [0.25, 0.3) is 0 Å². The molecule has 6 N–H and O–H groups in total. The molecule has 0 saturated heterocycles. The summed E-state index contributed by atoms with van der Waals surface area (Å²) in [4.78, 5) is 55.7. The molecule has 0 spiro atoms. The summed E-state index contributed by atoms with van der Waals surface area (Å²) >= 11 is 0. The van der Waals surface area contributed by atoms with Crippen LogP contribution in [-0.2, 0) is 23.0 Å². The van der Waals surface area contributed by atoms with Crippen LogP contribution < -0.4 is 103 Å². The second kappa shape index (κ2) is 17.1. The monoisotopic (exact) mass is 438 g/mol. The van der Waals surface area contributed by atoms with E-state index in [1.54, 1.807) is 0 Å². The molecular weight excluding hydrogens is 427 g/mol. The Bertz CT molecular complexity index is 443. The van der Waals surface area contributed by atoms with E-state index in [4.69, 9.17) is 30.4 Å². The average Bonchev–Trinajstić information content (AvgIpc) is 2.31. The summed E-state index contributed by atoms with van der Waals surface area (Å²) in [5, 5.41) is 43.2. The van der Waals surface area contributed by atoms with Gasteiger partial charge in [-0.05, 0) is 0 Å². The third-order valence-electron chi connectivity index (χ3n) is 1.62. The van der Waals surface area contributed by atoms with Gasteiger partial charge in [-0.15, -0.1) is 0 Å². The van der Waals surface area contributed by atoms with Crippen LogP contribution in [0.2, 0.25) is 0 Å². The van der Waals surface area contributed by atoms with E-state index < -0.39 is 46.0 Å². The molecule has 5 unspecified atom stereocenters. The number of carbonyl (C=O) groups excluding carboxylic acids is 1. The minimum absolute atomic E-state index is 0. The van der Waals surface area contributed by atoms with Crippen molar-refractivity contribution >= 4 is 27.9 Å². The maximum atomic E-state index is 10.1. The predicted molar refractivity (Wildman–Crippen MR) is 56.2 cm³/mol. The molecule has 0 radical (unpaired) electrons. The van der Waals surface area contributed by atoms with Crippen LogP contribution in [0.3, 0.4) is 0 Å². The standard InChI is InChI=1S/C6H10O7.3Na.H4O7P2/c7-1-2(8)3(9)4(10)5(11)6(12)13;;;;1-8(2,3)7-9(4,5)6/h1-5,8-11H,(H,12,13);;;;(H2,1,2,3)(H2,4,5,6)/q;3*+1;/p-3. The number of carbonyl (C=O) groups is 2. The number of phosphoric acid groups is 2. The molecule has 0 aliphatic carbocycles. The topological polar surface area (TPSA) is 268 Å². The molecule has 0 fully saturated rings. The normalized spacial score (nSPS) is 17.3. The van der Waals surface area contributed by atoms with E-state index in [-0.39, 0.29) is 95.0 Å². The van der Waals surface area contributed by atoms with Crippen molar-refractivity contribution in [1.82, 2.24) is 0 Å². The Morgan fingerprint density at radius 3 is 1.48 bits per heavy atom. The molecule has 0 rings (SSSR count). The Morgan fingerprint density at radius 1 is 0.960 bits per heavy atom. The fraction of sp³-hybridized carbons (Fsp3) is 0.667. The minimum Gasteiger partial charge on any atom is -0.790 e. The van der Waals surface area contributed by atoms with Crippen molar-refractivity contribution in [1.29, 1.82) is 0 Å². The molecule has 0 saturated carbocycles. The molecule has 0 aromatic rings. The van der Waals surface area contributed by atoms with Crippen molar-refractivity contribution in [3.63, 3.8) is 0 Å². The zero-order chi connectivity index (χ0) is 18.3. The zero-order valence-electron chi connectivity index (χ0n) is 13.2. The Labute approximate surface area is 206 Å². The number of aliphatic carboxylic acids is 1. The molecule has 14 nitrogen and oxygen atoms in total. The maximum Gasteiger partial charge on any atom is 1.00 e. The van der Waals surface area contributed by atoms with E-state index in [9.17, 15) is 33.4 Å². The number of aliphatic hydroxyl groups excluding tert-OH is 4. The summed E-state index contributed by atoms with van der Waals surface area (Å²) < 4.78 is 21.4. The second-order valence-corrected chi connectivity index (χ2v) is 5.87. The van der Waals surface area contributed by atoms with Gasteiger partial charge >= 0.3 is 94.6 Å². The van der Waals surface area contributed by atoms with Gasteiger partial charge in [0.05, 0.1) is 7.82 Å². The molecule has 0 aromatic carbocycles. The van der Waals surface area contributed by atoms with Crippen molar-refractivity contribution in [2.45, 2.75) is 24.4 Å². The summed E-state index contributed by atoms with van der Waals surface area (Å²) in [6.07, 6.45) is -8.39. The third kappa shape index (κ3) is 22.4. The van der Waals surface area contributed by atoms with Crippen molar-refractivity contribution in [3.8, 4) is 0 Å². The maximum absolute atomic E-state index is 10.1. The molecule has 0 aromatic heterocycles. The van der Waals surface area contributed by atoms with Crippen LogP contribution >= 0.6 is 15.6 Å². The number of rotatable bonds is 7. The van der Waals surface area contributed by atoms with E-state index in [2.05, 4.69) is 4.31 Å². The number of aliphatic hydroxyl groups is 4. The van der Waals surface area contributed by atoms with Crippen molar-refractivity contribution in [2.75, 3.05) is 0 Å². The number of carboxylic acid groups (broad SMARTS) is 1. The van der Waals surface area contributed by atoms with Crippen molar-refractivity contribution in [3.05, 3.63) is 0 Å². The van der Waals surface area contributed by atoms with Gasteiger partial charge in [-0.1, -0.05) is 0 Å². The number of hydrogen-bond acceptors (Lipinski definition) is 12. The van der Waals surface area contributed by atoms with Crippen LogP contribution in [0.1, 0.15) is 0 Å². The molecule has 0 amide bonds. The first kappa shape index (κ1) is 37.9. The van der Waals surface area contributed by atoms with E-state index in [1.165, 1.54) is 0 Å².